The second kappa shape index (κ2) is 11.2. The molecule has 4 aliphatic rings. The highest BCUT2D eigenvalue weighted by Gasteiger charge is 2.61. The zero-order chi connectivity index (χ0) is 29.8. The molecule has 0 radical (unpaired) electrons. The number of fused-ring (bicyclic) bond motifs is 5. The number of benzene rings is 1. The molecule has 0 aromatic heterocycles. The summed E-state index contributed by atoms with van der Waals surface area (Å²) < 4.78 is 33.4. The van der Waals surface area contributed by atoms with Gasteiger partial charge in [-0.05, 0) is 120 Å². The van der Waals surface area contributed by atoms with Crippen LogP contribution in [-0.4, -0.2) is 21.1 Å². The molecule has 0 aliphatic heterocycles. The molecule has 4 aliphatic carbocycles. The number of sulfonamides is 1. The van der Waals surface area contributed by atoms with Gasteiger partial charge in [-0.2, -0.15) is 0 Å². The third-order valence-corrected chi connectivity index (χ3v) is 14.1. The summed E-state index contributed by atoms with van der Waals surface area (Å²) in [7, 11) is -3.98. The lowest BCUT2D eigenvalue weighted by molar-refractivity contribution is -0.138. The SMILES string of the molecule is CC[C@H]1C[C@H]2C3CCC([C@H](C)COC(=O)NS(=O)(=O)c4ccc(C(C)(C)C)cc4)[C@@]3(C)CC[C@@H]2[C@@]2(C)CCCC[C@@H]12. The molecular weight excluding hydrogens is 530 g/mol. The molecule has 5 rings (SSSR count). The van der Waals surface area contributed by atoms with Crippen LogP contribution in [0.5, 0.6) is 0 Å². The molecule has 6 heteroatoms. The van der Waals surface area contributed by atoms with Crippen molar-refractivity contribution in [2.24, 2.45) is 52.3 Å². The van der Waals surface area contributed by atoms with Gasteiger partial charge in [-0.25, -0.2) is 17.9 Å². The Bertz CT molecular complexity index is 1200. The van der Waals surface area contributed by atoms with Gasteiger partial charge in [0.2, 0.25) is 0 Å². The van der Waals surface area contributed by atoms with E-state index in [9.17, 15) is 13.2 Å². The van der Waals surface area contributed by atoms with Crippen LogP contribution in [0.25, 0.3) is 0 Å². The van der Waals surface area contributed by atoms with Crippen LogP contribution in [0.4, 0.5) is 4.79 Å². The average Bonchev–Trinajstić information content (AvgIpc) is 3.27. The number of rotatable bonds is 6. The van der Waals surface area contributed by atoms with Crippen molar-refractivity contribution in [1.29, 1.82) is 0 Å². The molecule has 4 saturated carbocycles. The third kappa shape index (κ3) is 5.60. The van der Waals surface area contributed by atoms with E-state index in [0.717, 1.165) is 35.2 Å². The highest BCUT2D eigenvalue weighted by Crippen LogP contribution is 2.69. The van der Waals surface area contributed by atoms with Gasteiger partial charge in [0, 0.05) is 0 Å². The molecule has 0 heterocycles. The Morgan fingerprint density at radius 3 is 2.32 bits per heavy atom. The summed E-state index contributed by atoms with van der Waals surface area (Å²) >= 11 is 0. The number of amides is 1. The topological polar surface area (TPSA) is 72.5 Å². The fourth-order valence-electron chi connectivity index (χ4n) is 10.7. The standard InChI is InChI=1S/C35H55NO4S/c1-8-24-21-27-30-17-16-28(35(30,7)20-18-31(27)34(6)19-10-9-11-29(24)34)23(2)22-40-32(37)36-41(38,39)26-14-12-25(13-15-26)33(3,4)5/h12-15,23-24,27-31H,8-11,16-22H2,1-7H3,(H,36,37)/t23-,24+,27+,28?,29+,30?,31+,34+,35-/m1/s1. The number of carbonyl (C=O) groups is 1. The number of hydrogen-bond donors (Lipinski definition) is 1. The molecule has 0 spiro atoms. The van der Waals surface area contributed by atoms with Crippen LogP contribution in [0.1, 0.15) is 118 Å². The molecule has 1 amide bonds. The van der Waals surface area contributed by atoms with Gasteiger partial charge >= 0.3 is 6.09 Å². The second-order valence-corrected chi connectivity index (χ2v) is 17.5. The number of nitrogens with one attached hydrogen (secondary N) is 1. The molecule has 9 atom stereocenters. The Morgan fingerprint density at radius 2 is 1.66 bits per heavy atom. The van der Waals surface area contributed by atoms with Gasteiger partial charge in [-0.3, -0.25) is 0 Å². The van der Waals surface area contributed by atoms with Crippen molar-refractivity contribution >= 4 is 16.1 Å². The van der Waals surface area contributed by atoms with Crippen molar-refractivity contribution < 1.29 is 17.9 Å². The van der Waals surface area contributed by atoms with Crippen molar-refractivity contribution in [3.63, 3.8) is 0 Å². The maximum absolute atomic E-state index is 12.8. The zero-order valence-electron chi connectivity index (χ0n) is 26.7. The third-order valence-electron chi connectivity index (χ3n) is 12.8. The van der Waals surface area contributed by atoms with E-state index in [1.807, 2.05) is 0 Å². The first-order chi connectivity index (χ1) is 19.2. The largest absolute Gasteiger partial charge is 0.449 e. The maximum atomic E-state index is 12.8. The van der Waals surface area contributed by atoms with Gasteiger partial charge in [0.25, 0.3) is 10.0 Å². The summed E-state index contributed by atoms with van der Waals surface area (Å²) in [4.78, 5) is 12.7. The predicted molar refractivity (Wildman–Crippen MR) is 165 cm³/mol. The maximum Gasteiger partial charge on any atom is 0.421 e. The highest BCUT2D eigenvalue weighted by atomic mass is 32.2. The Hall–Kier alpha value is -1.56. The van der Waals surface area contributed by atoms with Gasteiger partial charge in [0.1, 0.15) is 0 Å². The minimum Gasteiger partial charge on any atom is -0.449 e. The summed E-state index contributed by atoms with van der Waals surface area (Å²) in [6, 6.07) is 6.72. The first kappa shape index (κ1) is 30.9. The van der Waals surface area contributed by atoms with E-state index in [-0.39, 0.29) is 28.3 Å². The summed E-state index contributed by atoms with van der Waals surface area (Å²) in [5.74, 6) is 4.94. The first-order valence-corrected chi connectivity index (χ1v) is 18.0. The molecule has 230 valence electrons. The summed E-state index contributed by atoms with van der Waals surface area (Å²) in [5.41, 5.74) is 1.76. The highest BCUT2D eigenvalue weighted by molar-refractivity contribution is 7.90. The van der Waals surface area contributed by atoms with Crippen LogP contribution in [0.15, 0.2) is 29.2 Å². The van der Waals surface area contributed by atoms with E-state index in [0.29, 0.717) is 11.3 Å². The quantitative estimate of drug-likeness (QED) is 0.362. The fraction of sp³-hybridized carbons (Fsp3) is 0.800. The molecule has 0 bridgehead atoms. The first-order valence-electron chi connectivity index (χ1n) is 16.5. The van der Waals surface area contributed by atoms with Crippen LogP contribution < -0.4 is 4.72 Å². The van der Waals surface area contributed by atoms with Crippen molar-refractivity contribution in [3.8, 4) is 0 Å². The van der Waals surface area contributed by atoms with E-state index in [2.05, 4.69) is 53.2 Å². The molecule has 4 fully saturated rings. The van der Waals surface area contributed by atoms with Crippen molar-refractivity contribution in [2.45, 2.75) is 123 Å². The normalized spacial score (nSPS) is 37.8. The molecule has 2 unspecified atom stereocenters. The molecule has 5 nitrogen and oxygen atoms in total. The monoisotopic (exact) mass is 585 g/mol. The Balaban J connectivity index is 1.21. The predicted octanol–water partition coefficient (Wildman–Crippen LogP) is 8.72. The van der Waals surface area contributed by atoms with Crippen LogP contribution in [0.3, 0.4) is 0 Å². The Labute approximate surface area is 250 Å². The van der Waals surface area contributed by atoms with E-state index in [4.69, 9.17) is 4.74 Å². The van der Waals surface area contributed by atoms with Crippen molar-refractivity contribution in [1.82, 2.24) is 4.72 Å². The summed E-state index contributed by atoms with van der Waals surface area (Å²) in [6.07, 6.45) is 12.6. The van der Waals surface area contributed by atoms with E-state index < -0.39 is 16.1 Å². The zero-order valence-corrected chi connectivity index (χ0v) is 27.5. The summed E-state index contributed by atoms with van der Waals surface area (Å²) in [6.45, 7) is 16.3. The second-order valence-electron chi connectivity index (χ2n) is 15.8. The molecular formula is C35H55NO4S. The average molecular weight is 586 g/mol. The number of ether oxygens (including phenoxy) is 1. The van der Waals surface area contributed by atoms with Gasteiger partial charge in [0.15, 0.2) is 0 Å². The van der Waals surface area contributed by atoms with Crippen LogP contribution in [0.2, 0.25) is 0 Å². The van der Waals surface area contributed by atoms with E-state index in [1.165, 1.54) is 64.2 Å². The van der Waals surface area contributed by atoms with E-state index >= 15 is 0 Å². The van der Waals surface area contributed by atoms with Crippen LogP contribution in [-0.2, 0) is 20.2 Å². The van der Waals surface area contributed by atoms with Crippen LogP contribution >= 0.6 is 0 Å². The number of hydrogen-bond acceptors (Lipinski definition) is 4. The lowest BCUT2D eigenvalue weighted by Crippen LogP contribution is -2.55. The molecule has 1 N–H and O–H groups in total. The van der Waals surface area contributed by atoms with Gasteiger partial charge in [0.05, 0.1) is 11.5 Å². The minimum atomic E-state index is -3.98. The van der Waals surface area contributed by atoms with Crippen molar-refractivity contribution in [2.75, 3.05) is 6.61 Å². The summed E-state index contributed by atoms with van der Waals surface area (Å²) in [5, 5.41) is 0. The van der Waals surface area contributed by atoms with Crippen molar-refractivity contribution in [3.05, 3.63) is 29.8 Å². The lowest BCUT2D eigenvalue weighted by atomic mass is 9.42. The number of carbonyl (C=O) groups excluding carboxylic acids is 1. The molecule has 0 saturated heterocycles. The van der Waals surface area contributed by atoms with Gasteiger partial charge in [-0.15, -0.1) is 0 Å². The van der Waals surface area contributed by atoms with Gasteiger partial charge in [-0.1, -0.05) is 79.9 Å². The Kier molecular flexibility index (Phi) is 8.42. The van der Waals surface area contributed by atoms with Gasteiger partial charge < -0.3 is 4.74 Å². The fourth-order valence-corrected chi connectivity index (χ4v) is 11.5. The smallest absolute Gasteiger partial charge is 0.421 e. The lowest BCUT2D eigenvalue weighted by Gasteiger charge is -2.63. The molecule has 1 aromatic carbocycles. The molecule has 1 aromatic rings. The van der Waals surface area contributed by atoms with E-state index in [1.54, 1.807) is 24.3 Å². The Morgan fingerprint density at radius 1 is 0.976 bits per heavy atom. The van der Waals surface area contributed by atoms with Crippen LogP contribution in [0, 0.1) is 52.3 Å². The molecule has 41 heavy (non-hydrogen) atoms. The minimum absolute atomic E-state index is 0.0742.